The van der Waals surface area contributed by atoms with E-state index in [9.17, 15) is 22.0 Å². The largest absolute Gasteiger partial charge is 0.377 e. The highest BCUT2D eigenvalue weighted by atomic mass is 19.2. The van der Waals surface area contributed by atoms with Gasteiger partial charge in [-0.2, -0.15) is 0 Å². The highest BCUT2D eigenvalue weighted by Gasteiger charge is 2.31. The summed E-state index contributed by atoms with van der Waals surface area (Å²) in [4.78, 5) is 0. The van der Waals surface area contributed by atoms with Crippen molar-refractivity contribution in [3.8, 4) is 0 Å². The number of halogens is 5. The van der Waals surface area contributed by atoms with Crippen molar-refractivity contribution in [3.05, 3.63) is 29.1 Å². The van der Waals surface area contributed by atoms with Crippen LogP contribution in [0.4, 0.5) is 27.6 Å². The first-order chi connectivity index (χ1) is 8.97. The molecule has 7 heteroatoms. The summed E-state index contributed by atoms with van der Waals surface area (Å²) in [6, 6.07) is -0.377. The van der Waals surface area contributed by atoms with E-state index < -0.39 is 34.8 Å². The van der Waals surface area contributed by atoms with Gasteiger partial charge < -0.3 is 11.1 Å². The molecule has 2 atom stereocenters. The summed E-state index contributed by atoms with van der Waals surface area (Å²) < 4.78 is 65.9. The second-order valence-electron chi connectivity index (χ2n) is 4.62. The number of nitrogens with one attached hydrogen (secondary N) is 1. The Hall–Kier alpha value is -1.37. The van der Waals surface area contributed by atoms with E-state index in [1.54, 1.807) is 0 Å². The molecule has 1 aromatic rings. The minimum atomic E-state index is -2.15. The van der Waals surface area contributed by atoms with E-state index in [0.717, 1.165) is 12.8 Å². The molecule has 1 saturated carbocycles. The Labute approximate surface area is 106 Å². The van der Waals surface area contributed by atoms with Crippen molar-refractivity contribution >= 4 is 5.69 Å². The lowest BCUT2D eigenvalue weighted by molar-refractivity contribution is 0.379. The fraction of sp³-hybridized carbons (Fsp3) is 0.500. The second kappa shape index (κ2) is 5.32. The summed E-state index contributed by atoms with van der Waals surface area (Å²) in [5, 5.41) is 2.41. The molecule has 0 amide bonds. The van der Waals surface area contributed by atoms with E-state index in [4.69, 9.17) is 5.73 Å². The number of hydrogen-bond donors (Lipinski definition) is 2. The summed E-state index contributed by atoms with van der Waals surface area (Å²) in [6.45, 7) is 0.299. The molecule has 0 spiro atoms. The number of benzene rings is 1. The number of rotatable bonds is 3. The van der Waals surface area contributed by atoms with Crippen LogP contribution >= 0.6 is 0 Å². The van der Waals surface area contributed by atoms with Gasteiger partial charge in [0.1, 0.15) is 5.69 Å². The molecule has 19 heavy (non-hydrogen) atoms. The standard InChI is InChI=1S/C12H13F5N2/c13-7-8(14)10(16)12(11(17)9(7)15)19-6-3-1-2-5(6)4-18/h5-6,19H,1-4,18H2. The molecule has 1 fully saturated rings. The first kappa shape index (κ1) is 14.0. The van der Waals surface area contributed by atoms with E-state index in [2.05, 4.69) is 5.32 Å². The smallest absolute Gasteiger partial charge is 0.200 e. The molecule has 3 N–H and O–H groups in total. The van der Waals surface area contributed by atoms with Crippen LogP contribution in [0.3, 0.4) is 0 Å². The van der Waals surface area contributed by atoms with Crippen LogP contribution in [-0.4, -0.2) is 12.6 Å². The minimum absolute atomic E-state index is 0.0324. The summed E-state index contributed by atoms with van der Waals surface area (Å²) in [5.74, 6) is -9.73. The minimum Gasteiger partial charge on any atom is -0.377 e. The third-order valence-corrected chi connectivity index (χ3v) is 3.50. The molecule has 0 saturated heterocycles. The number of anilines is 1. The van der Waals surface area contributed by atoms with Gasteiger partial charge in [-0.1, -0.05) is 6.42 Å². The zero-order chi connectivity index (χ0) is 14.2. The van der Waals surface area contributed by atoms with Crippen LogP contribution in [-0.2, 0) is 0 Å². The normalized spacial score (nSPS) is 22.8. The third-order valence-electron chi connectivity index (χ3n) is 3.50. The Kier molecular flexibility index (Phi) is 3.93. The van der Waals surface area contributed by atoms with E-state index in [1.165, 1.54) is 0 Å². The highest BCUT2D eigenvalue weighted by molar-refractivity contribution is 5.48. The lowest BCUT2D eigenvalue weighted by atomic mass is 10.0. The van der Waals surface area contributed by atoms with Gasteiger partial charge in [-0.15, -0.1) is 0 Å². The monoisotopic (exact) mass is 280 g/mol. The number of nitrogens with two attached hydrogens (primary N) is 1. The van der Waals surface area contributed by atoms with Crippen LogP contribution < -0.4 is 11.1 Å². The van der Waals surface area contributed by atoms with Gasteiger partial charge in [0.05, 0.1) is 0 Å². The molecular formula is C12H13F5N2. The zero-order valence-corrected chi connectivity index (χ0v) is 9.95. The number of hydrogen-bond acceptors (Lipinski definition) is 2. The molecular weight excluding hydrogens is 267 g/mol. The van der Waals surface area contributed by atoms with E-state index in [0.29, 0.717) is 13.0 Å². The van der Waals surface area contributed by atoms with E-state index in [1.807, 2.05) is 0 Å². The topological polar surface area (TPSA) is 38.0 Å². The van der Waals surface area contributed by atoms with Crippen LogP contribution in [0.15, 0.2) is 0 Å². The Balaban J connectivity index is 2.35. The molecule has 106 valence electrons. The van der Waals surface area contributed by atoms with E-state index in [-0.39, 0.29) is 12.0 Å². The van der Waals surface area contributed by atoms with Gasteiger partial charge in [-0.3, -0.25) is 0 Å². The van der Waals surface area contributed by atoms with Crippen LogP contribution in [0.5, 0.6) is 0 Å². The van der Waals surface area contributed by atoms with Crippen LogP contribution in [0.25, 0.3) is 0 Å². The molecule has 2 unspecified atom stereocenters. The average molecular weight is 280 g/mol. The predicted octanol–water partition coefficient (Wildman–Crippen LogP) is 2.92. The molecule has 1 aliphatic carbocycles. The van der Waals surface area contributed by atoms with Crippen molar-refractivity contribution in [2.45, 2.75) is 25.3 Å². The summed E-state index contributed by atoms with van der Waals surface area (Å²) in [7, 11) is 0. The first-order valence-corrected chi connectivity index (χ1v) is 5.95. The molecule has 2 nitrogen and oxygen atoms in total. The predicted molar refractivity (Wildman–Crippen MR) is 60.0 cm³/mol. The summed E-state index contributed by atoms with van der Waals surface area (Å²) >= 11 is 0. The average Bonchev–Trinajstić information content (AvgIpc) is 2.86. The molecule has 0 aliphatic heterocycles. The van der Waals surface area contributed by atoms with Crippen LogP contribution in [0.2, 0.25) is 0 Å². The van der Waals surface area contributed by atoms with Gasteiger partial charge in [0, 0.05) is 6.04 Å². The van der Waals surface area contributed by atoms with Gasteiger partial charge in [-0.05, 0) is 25.3 Å². The molecule has 0 heterocycles. The Morgan fingerprint density at radius 1 is 0.895 bits per heavy atom. The van der Waals surface area contributed by atoms with Crippen molar-refractivity contribution in [1.82, 2.24) is 0 Å². The third kappa shape index (κ3) is 2.39. The van der Waals surface area contributed by atoms with Gasteiger partial charge in [0.15, 0.2) is 23.3 Å². The van der Waals surface area contributed by atoms with Crippen molar-refractivity contribution in [1.29, 1.82) is 0 Å². The van der Waals surface area contributed by atoms with Crippen molar-refractivity contribution in [2.75, 3.05) is 11.9 Å². The maximum atomic E-state index is 13.5. The van der Waals surface area contributed by atoms with Crippen molar-refractivity contribution < 1.29 is 22.0 Å². The quantitative estimate of drug-likeness (QED) is 0.507. The SMILES string of the molecule is NCC1CCCC1Nc1c(F)c(F)c(F)c(F)c1F. The Bertz CT molecular complexity index is 462. The Morgan fingerprint density at radius 3 is 1.95 bits per heavy atom. The Morgan fingerprint density at radius 2 is 1.42 bits per heavy atom. The van der Waals surface area contributed by atoms with Gasteiger partial charge in [0.2, 0.25) is 5.82 Å². The first-order valence-electron chi connectivity index (χ1n) is 5.95. The van der Waals surface area contributed by atoms with Gasteiger partial charge in [-0.25, -0.2) is 22.0 Å². The fourth-order valence-corrected chi connectivity index (χ4v) is 2.43. The van der Waals surface area contributed by atoms with Crippen molar-refractivity contribution in [3.63, 3.8) is 0 Å². The maximum absolute atomic E-state index is 13.5. The molecule has 0 radical (unpaired) electrons. The van der Waals surface area contributed by atoms with Gasteiger partial charge >= 0.3 is 0 Å². The molecule has 0 aromatic heterocycles. The summed E-state index contributed by atoms with van der Waals surface area (Å²) in [6.07, 6.45) is 2.15. The van der Waals surface area contributed by atoms with Gasteiger partial charge in [0.25, 0.3) is 0 Å². The van der Waals surface area contributed by atoms with E-state index >= 15 is 0 Å². The van der Waals surface area contributed by atoms with Crippen LogP contribution in [0, 0.1) is 35.0 Å². The molecule has 2 rings (SSSR count). The molecule has 0 bridgehead atoms. The van der Waals surface area contributed by atoms with Crippen LogP contribution in [0.1, 0.15) is 19.3 Å². The lowest BCUT2D eigenvalue weighted by Gasteiger charge is -2.21. The fourth-order valence-electron chi connectivity index (χ4n) is 2.43. The second-order valence-corrected chi connectivity index (χ2v) is 4.62. The lowest BCUT2D eigenvalue weighted by Crippen LogP contribution is -2.30. The summed E-state index contributed by atoms with van der Waals surface area (Å²) in [5.41, 5.74) is 4.53. The zero-order valence-electron chi connectivity index (χ0n) is 9.95. The molecule has 1 aliphatic rings. The maximum Gasteiger partial charge on any atom is 0.200 e. The molecule has 1 aromatic carbocycles. The highest BCUT2D eigenvalue weighted by Crippen LogP contribution is 2.32. The van der Waals surface area contributed by atoms with Crippen molar-refractivity contribution in [2.24, 2.45) is 11.7 Å².